The topological polar surface area (TPSA) is 60.6 Å². The molecule has 4 rings (SSSR count). The Morgan fingerprint density at radius 3 is 2.79 bits per heavy atom. The summed E-state index contributed by atoms with van der Waals surface area (Å²) in [6.45, 7) is 7.40. The van der Waals surface area contributed by atoms with Gasteiger partial charge in [-0.25, -0.2) is 0 Å². The molecule has 148 valence electrons. The molecule has 7 heteroatoms. The van der Waals surface area contributed by atoms with Crippen molar-refractivity contribution in [1.82, 2.24) is 29.9 Å². The van der Waals surface area contributed by atoms with Gasteiger partial charge in [0.25, 0.3) is 0 Å². The van der Waals surface area contributed by atoms with E-state index in [1.54, 1.807) is 0 Å². The molecule has 0 radical (unpaired) electrons. The van der Waals surface area contributed by atoms with Crippen LogP contribution in [0.15, 0.2) is 24.3 Å². The van der Waals surface area contributed by atoms with Crippen LogP contribution in [0.1, 0.15) is 53.4 Å². The van der Waals surface area contributed by atoms with Crippen LogP contribution in [-0.2, 0) is 32.6 Å². The third-order valence-corrected chi connectivity index (χ3v) is 5.95. The molecule has 2 aromatic heterocycles. The van der Waals surface area contributed by atoms with Crippen molar-refractivity contribution in [2.24, 2.45) is 0 Å². The lowest BCUT2D eigenvalue weighted by Crippen LogP contribution is -2.18. The lowest BCUT2D eigenvalue weighted by Gasteiger charge is -2.09. The molecule has 0 amide bonds. The van der Waals surface area contributed by atoms with E-state index in [1.807, 2.05) is 28.9 Å². The standard InChI is InChI=1S/C21H27ClN6/c1-15-18(16(2)28(26-15)14-17-8-5-6-9-19(17)22)12-23-13-21-25-24-20-10-4-3-7-11-27(20)21/h5-6,8-9,23H,3-4,7,10-14H2,1-2H3. The Balaban J connectivity index is 1.42. The van der Waals surface area contributed by atoms with Gasteiger partial charge in [0.15, 0.2) is 0 Å². The average molecular weight is 399 g/mol. The molecule has 0 spiro atoms. The van der Waals surface area contributed by atoms with Gasteiger partial charge in [0.05, 0.1) is 18.8 Å². The molecule has 0 saturated carbocycles. The first-order chi connectivity index (χ1) is 13.6. The molecule has 0 bridgehead atoms. The van der Waals surface area contributed by atoms with Gasteiger partial charge in [-0.3, -0.25) is 4.68 Å². The van der Waals surface area contributed by atoms with Crippen LogP contribution >= 0.6 is 11.6 Å². The van der Waals surface area contributed by atoms with E-state index in [2.05, 4.69) is 33.9 Å². The van der Waals surface area contributed by atoms with Gasteiger partial charge in [0, 0.05) is 35.8 Å². The van der Waals surface area contributed by atoms with Gasteiger partial charge >= 0.3 is 0 Å². The molecule has 3 heterocycles. The fourth-order valence-electron chi connectivity index (χ4n) is 3.91. The predicted molar refractivity (Wildman–Crippen MR) is 110 cm³/mol. The van der Waals surface area contributed by atoms with E-state index in [0.29, 0.717) is 6.54 Å². The van der Waals surface area contributed by atoms with Crippen molar-refractivity contribution in [2.75, 3.05) is 0 Å². The van der Waals surface area contributed by atoms with E-state index in [9.17, 15) is 0 Å². The highest BCUT2D eigenvalue weighted by Gasteiger charge is 2.16. The Morgan fingerprint density at radius 2 is 1.93 bits per heavy atom. The Hall–Kier alpha value is -2.18. The van der Waals surface area contributed by atoms with Crippen molar-refractivity contribution in [1.29, 1.82) is 0 Å². The molecule has 28 heavy (non-hydrogen) atoms. The van der Waals surface area contributed by atoms with Crippen LogP contribution in [0.3, 0.4) is 0 Å². The van der Waals surface area contributed by atoms with Gasteiger partial charge in [0.2, 0.25) is 0 Å². The molecule has 1 N–H and O–H groups in total. The summed E-state index contributed by atoms with van der Waals surface area (Å²) in [5.41, 5.74) is 4.55. The van der Waals surface area contributed by atoms with E-state index in [-0.39, 0.29) is 0 Å². The summed E-state index contributed by atoms with van der Waals surface area (Å²) < 4.78 is 4.33. The van der Waals surface area contributed by atoms with E-state index >= 15 is 0 Å². The van der Waals surface area contributed by atoms with E-state index in [4.69, 9.17) is 16.7 Å². The number of benzene rings is 1. The first-order valence-electron chi connectivity index (χ1n) is 10.0. The van der Waals surface area contributed by atoms with E-state index in [0.717, 1.165) is 54.0 Å². The van der Waals surface area contributed by atoms with Crippen molar-refractivity contribution in [3.05, 3.63) is 63.5 Å². The van der Waals surface area contributed by atoms with Gasteiger partial charge < -0.3 is 9.88 Å². The maximum Gasteiger partial charge on any atom is 0.147 e. The first-order valence-corrected chi connectivity index (χ1v) is 10.4. The first kappa shape index (κ1) is 19.2. The number of hydrogen-bond donors (Lipinski definition) is 1. The minimum atomic E-state index is 0.685. The van der Waals surface area contributed by atoms with Crippen molar-refractivity contribution in [3.63, 3.8) is 0 Å². The van der Waals surface area contributed by atoms with Gasteiger partial charge in [0.1, 0.15) is 11.6 Å². The van der Waals surface area contributed by atoms with Gasteiger partial charge in [-0.2, -0.15) is 5.10 Å². The molecule has 1 aliphatic heterocycles. The maximum absolute atomic E-state index is 6.31. The average Bonchev–Trinajstić information content (AvgIpc) is 3.07. The highest BCUT2D eigenvalue weighted by atomic mass is 35.5. The van der Waals surface area contributed by atoms with Gasteiger partial charge in [-0.05, 0) is 38.3 Å². The summed E-state index contributed by atoms with van der Waals surface area (Å²) in [7, 11) is 0. The second kappa shape index (κ2) is 8.45. The number of halogens is 1. The molecule has 0 atom stereocenters. The number of nitrogens with zero attached hydrogens (tertiary/aromatic N) is 5. The number of fused-ring (bicyclic) bond motifs is 1. The van der Waals surface area contributed by atoms with Crippen LogP contribution in [0.25, 0.3) is 0 Å². The number of aryl methyl sites for hydroxylation is 2. The number of aromatic nitrogens is 5. The smallest absolute Gasteiger partial charge is 0.147 e. The summed E-state index contributed by atoms with van der Waals surface area (Å²) in [5.74, 6) is 2.17. The minimum Gasteiger partial charge on any atom is -0.314 e. The molecule has 0 aliphatic carbocycles. The maximum atomic E-state index is 6.31. The van der Waals surface area contributed by atoms with Crippen LogP contribution in [-0.4, -0.2) is 24.5 Å². The zero-order chi connectivity index (χ0) is 19.5. The van der Waals surface area contributed by atoms with Gasteiger partial charge in [-0.15, -0.1) is 10.2 Å². The van der Waals surface area contributed by atoms with Crippen LogP contribution in [0.5, 0.6) is 0 Å². The molecule has 1 aliphatic rings. The number of rotatable bonds is 6. The monoisotopic (exact) mass is 398 g/mol. The van der Waals surface area contributed by atoms with E-state index in [1.165, 1.54) is 30.5 Å². The Bertz CT molecular complexity index is 958. The Labute approximate surface area is 170 Å². The van der Waals surface area contributed by atoms with Crippen molar-refractivity contribution >= 4 is 11.6 Å². The molecule has 1 aromatic carbocycles. The zero-order valence-corrected chi connectivity index (χ0v) is 17.3. The highest BCUT2D eigenvalue weighted by Crippen LogP contribution is 2.20. The molecular weight excluding hydrogens is 372 g/mol. The van der Waals surface area contributed by atoms with Crippen LogP contribution in [0.4, 0.5) is 0 Å². The normalized spacial score (nSPS) is 14.1. The van der Waals surface area contributed by atoms with Crippen molar-refractivity contribution in [2.45, 2.75) is 65.7 Å². The lowest BCUT2D eigenvalue weighted by atomic mass is 10.2. The van der Waals surface area contributed by atoms with Crippen molar-refractivity contribution < 1.29 is 0 Å². The molecule has 0 fully saturated rings. The second-order valence-corrected chi connectivity index (χ2v) is 7.90. The van der Waals surface area contributed by atoms with Crippen molar-refractivity contribution in [3.8, 4) is 0 Å². The quantitative estimate of drug-likeness (QED) is 0.685. The third-order valence-electron chi connectivity index (χ3n) is 5.58. The third kappa shape index (κ3) is 3.98. The SMILES string of the molecule is Cc1nn(Cc2ccccc2Cl)c(C)c1CNCc1nnc2n1CCCCC2. The fourth-order valence-corrected chi connectivity index (χ4v) is 4.10. The Kier molecular flexibility index (Phi) is 5.78. The minimum absolute atomic E-state index is 0.685. The van der Waals surface area contributed by atoms with Crippen LogP contribution in [0.2, 0.25) is 5.02 Å². The lowest BCUT2D eigenvalue weighted by molar-refractivity contribution is 0.571. The molecular formula is C21H27ClN6. The van der Waals surface area contributed by atoms with Crippen LogP contribution in [0, 0.1) is 13.8 Å². The summed E-state index contributed by atoms with van der Waals surface area (Å²) in [6, 6.07) is 7.94. The fraction of sp³-hybridized carbons (Fsp3) is 0.476. The van der Waals surface area contributed by atoms with Gasteiger partial charge in [-0.1, -0.05) is 36.2 Å². The highest BCUT2D eigenvalue weighted by molar-refractivity contribution is 6.31. The Morgan fingerprint density at radius 1 is 1.07 bits per heavy atom. The summed E-state index contributed by atoms with van der Waals surface area (Å²) in [4.78, 5) is 0. The number of hydrogen-bond acceptors (Lipinski definition) is 4. The summed E-state index contributed by atoms with van der Waals surface area (Å²) >= 11 is 6.31. The van der Waals surface area contributed by atoms with Crippen LogP contribution < -0.4 is 5.32 Å². The summed E-state index contributed by atoms with van der Waals surface area (Å²) in [5, 5.41) is 17.8. The molecule has 6 nitrogen and oxygen atoms in total. The summed E-state index contributed by atoms with van der Waals surface area (Å²) in [6.07, 6.45) is 4.75. The second-order valence-electron chi connectivity index (χ2n) is 7.50. The predicted octanol–water partition coefficient (Wildman–Crippen LogP) is 3.81. The number of nitrogens with one attached hydrogen (secondary N) is 1. The molecule has 3 aromatic rings. The largest absolute Gasteiger partial charge is 0.314 e. The zero-order valence-electron chi connectivity index (χ0n) is 16.6. The molecule has 0 unspecified atom stereocenters. The van der Waals surface area contributed by atoms with E-state index < -0.39 is 0 Å². The molecule has 0 saturated heterocycles.